The minimum atomic E-state index is -0.0147. The lowest BCUT2D eigenvalue weighted by molar-refractivity contribution is -0.118. The smallest absolute Gasteiger partial charge is 0.231 e. The van der Waals surface area contributed by atoms with Gasteiger partial charge in [-0.3, -0.25) is 14.5 Å². The molecule has 0 aliphatic carbocycles. The fourth-order valence-corrected chi connectivity index (χ4v) is 2.96. The lowest BCUT2D eigenvalue weighted by Crippen LogP contribution is -2.34. The number of allylic oxidation sites excluding steroid dienone is 2. The molecule has 0 spiro atoms. The molecule has 0 saturated heterocycles. The molecule has 1 amide bonds. The number of amides is 1. The lowest BCUT2D eigenvalue weighted by Gasteiger charge is -2.30. The molecule has 0 aromatic heterocycles. The van der Waals surface area contributed by atoms with Gasteiger partial charge in [0.2, 0.25) is 5.91 Å². The van der Waals surface area contributed by atoms with Crippen LogP contribution in [0.3, 0.4) is 0 Å². The van der Waals surface area contributed by atoms with E-state index >= 15 is 0 Å². The Morgan fingerprint density at radius 2 is 1.67 bits per heavy atom. The molecule has 1 heterocycles. The molecule has 1 aliphatic rings. The molecule has 2 aromatic rings. The van der Waals surface area contributed by atoms with E-state index in [9.17, 15) is 9.59 Å². The minimum Gasteiger partial charge on any atom is -0.497 e. The molecule has 1 aliphatic heterocycles. The number of rotatable bonds is 4. The van der Waals surface area contributed by atoms with Crippen molar-refractivity contribution in [2.24, 2.45) is 0 Å². The highest BCUT2D eigenvalue weighted by Gasteiger charge is 2.29. The highest BCUT2D eigenvalue weighted by atomic mass is 16.5. The number of benzene rings is 2. The van der Waals surface area contributed by atoms with E-state index < -0.39 is 0 Å². The van der Waals surface area contributed by atoms with E-state index in [1.165, 1.54) is 0 Å². The topological polar surface area (TPSA) is 46.6 Å². The Morgan fingerprint density at radius 1 is 1.00 bits per heavy atom. The van der Waals surface area contributed by atoms with Gasteiger partial charge in [-0.1, -0.05) is 30.3 Å². The summed E-state index contributed by atoms with van der Waals surface area (Å²) in [6.45, 7) is 1.83. The van der Waals surface area contributed by atoms with Gasteiger partial charge in [0.1, 0.15) is 5.75 Å². The number of hydrogen-bond donors (Lipinski definition) is 0. The molecule has 3 rings (SSSR count). The fraction of sp³-hybridized carbons (Fsp3) is 0.200. The molecular formula is C20H19NO3. The second kappa shape index (κ2) is 6.71. The van der Waals surface area contributed by atoms with Gasteiger partial charge in [0.05, 0.1) is 7.11 Å². The van der Waals surface area contributed by atoms with Crippen molar-refractivity contribution >= 4 is 17.4 Å². The van der Waals surface area contributed by atoms with E-state index in [-0.39, 0.29) is 11.7 Å². The van der Waals surface area contributed by atoms with Crippen molar-refractivity contribution in [3.05, 3.63) is 71.4 Å². The van der Waals surface area contributed by atoms with E-state index in [4.69, 9.17) is 4.74 Å². The first-order valence-corrected chi connectivity index (χ1v) is 7.88. The van der Waals surface area contributed by atoms with Gasteiger partial charge in [-0.05, 0) is 37.6 Å². The van der Waals surface area contributed by atoms with Crippen LogP contribution in [0.25, 0.3) is 0 Å². The summed E-state index contributed by atoms with van der Waals surface area (Å²) in [5, 5.41) is 0. The molecule has 0 fully saturated rings. The first kappa shape index (κ1) is 16.0. The van der Waals surface area contributed by atoms with Crippen LogP contribution in [0.4, 0.5) is 5.69 Å². The Bertz CT molecular complexity index is 791. The van der Waals surface area contributed by atoms with Gasteiger partial charge in [-0.2, -0.15) is 0 Å². The Balaban J connectivity index is 1.99. The average molecular weight is 321 g/mol. The fourth-order valence-electron chi connectivity index (χ4n) is 2.96. The van der Waals surface area contributed by atoms with Crippen LogP contribution in [0.2, 0.25) is 0 Å². The van der Waals surface area contributed by atoms with Crippen LogP contribution in [0, 0.1) is 0 Å². The summed E-state index contributed by atoms with van der Waals surface area (Å²) < 4.78 is 5.16. The molecule has 0 radical (unpaired) electrons. The van der Waals surface area contributed by atoms with Crippen molar-refractivity contribution in [1.82, 2.24) is 0 Å². The third kappa shape index (κ3) is 2.95. The molecule has 0 saturated carbocycles. The molecule has 24 heavy (non-hydrogen) atoms. The first-order chi connectivity index (χ1) is 11.6. The van der Waals surface area contributed by atoms with Crippen molar-refractivity contribution < 1.29 is 14.3 Å². The number of carbonyl (C=O) groups excluding carboxylic acids is 2. The maximum absolute atomic E-state index is 12.8. The van der Waals surface area contributed by atoms with E-state index in [1.54, 1.807) is 24.1 Å². The second-order valence-corrected chi connectivity index (χ2v) is 5.69. The number of anilines is 1. The Hall–Kier alpha value is -2.88. The number of hydrogen-bond acceptors (Lipinski definition) is 3. The van der Waals surface area contributed by atoms with Crippen LogP contribution >= 0.6 is 0 Å². The molecule has 0 N–H and O–H groups in total. The maximum atomic E-state index is 12.8. The minimum absolute atomic E-state index is 0.00211. The number of Topliss-reactive ketones (excluding diaryl/α,β-unsaturated/α-hetero) is 1. The summed E-state index contributed by atoms with van der Waals surface area (Å²) in [6.07, 6.45) is 0.808. The first-order valence-electron chi connectivity index (χ1n) is 7.88. The molecule has 4 heteroatoms. The van der Waals surface area contributed by atoms with Crippen molar-refractivity contribution in [3.63, 3.8) is 0 Å². The average Bonchev–Trinajstić information content (AvgIpc) is 2.63. The largest absolute Gasteiger partial charge is 0.497 e. The van der Waals surface area contributed by atoms with Gasteiger partial charge < -0.3 is 4.74 Å². The quantitative estimate of drug-likeness (QED) is 0.800. The van der Waals surface area contributed by atoms with Crippen LogP contribution in [0.15, 0.2) is 65.9 Å². The summed E-state index contributed by atoms with van der Waals surface area (Å²) in [6, 6.07) is 16.5. The maximum Gasteiger partial charge on any atom is 0.231 e. The van der Waals surface area contributed by atoms with E-state index in [0.29, 0.717) is 29.7 Å². The zero-order valence-electron chi connectivity index (χ0n) is 13.8. The van der Waals surface area contributed by atoms with E-state index in [0.717, 1.165) is 11.4 Å². The molecule has 0 unspecified atom stereocenters. The summed E-state index contributed by atoms with van der Waals surface area (Å²) in [5.74, 6) is 0.715. The zero-order chi connectivity index (χ0) is 17.1. The standard InChI is InChI=1S/C20H19NO3/c1-14-18(20(23)15-6-4-3-5-7-15)12-13-19(22)21(14)16-8-10-17(24-2)11-9-16/h3-11H,12-13H2,1-2H3. The van der Waals surface area contributed by atoms with Crippen LogP contribution in [0.5, 0.6) is 5.75 Å². The van der Waals surface area contributed by atoms with Gasteiger partial charge in [0, 0.05) is 28.9 Å². The van der Waals surface area contributed by atoms with Gasteiger partial charge in [0.25, 0.3) is 0 Å². The number of nitrogens with zero attached hydrogens (tertiary/aromatic N) is 1. The van der Waals surface area contributed by atoms with E-state index in [2.05, 4.69) is 0 Å². The summed E-state index contributed by atoms with van der Waals surface area (Å²) >= 11 is 0. The normalized spacial score (nSPS) is 14.8. The molecule has 122 valence electrons. The predicted molar refractivity (Wildman–Crippen MR) is 93.2 cm³/mol. The highest BCUT2D eigenvalue weighted by Crippen LogP contribution is 2.31. The Labute approximate surface area is 141 Å². The van der Waals surface area contributed by atoms with Crippen LogP contribution < -0.4 is 9.64 Å². The van der Waals surface area contributed by atoms with Crippen molar-refractivity contribution in [2.75, 3.05) is 12.0 Å². The Kier molecular flexibility index (Phi) is 4.47. The van der Waals surface area contributed by atoms with Crippen LogP contribution in [-0.4, -0.2) is 18.8 Å². The molecule has 4 nitrogen and oxygen atoms in total. The number of methoxy groups -OCH3 is 1. The van der Waals surface area contributed by atoms with Crippen LogP contribution in [-0.2, 0) is 4.79 Å². The van der Waals surface area contributed by atoms with Gasteiger partial charge >= 0.3 is 0 Å². The lowest BCUT2D eigenvalue weighted by atomic mass is 9.94. The van der Waals surface area contributed by atoms with Crippen molar-refractivity contribution in [2.45, 2.75) is 19.8 Å². The molecule has 2 aromatic carbocycles. The summed E-state index contributed by atoms with van der Waals surface area (Å²) in [4.78, 5) is 26.8. The number of ether oxygens (including phenoxy) is 1. The third-order valence-corrected chi connectivity index (χ3v) is 4.25. The molecule has 0 atom stereocenters. The number of ketones is 1. The van der Waals surface area contributed by atoms with Gasteiger partial charge in [0.15, 0.2) is 5.78 Å². The highest BCUT2D eigenvalue weighted by molar-refractivity contribution is 6.12. The van der Waals surface area contributed by atoms with Crippen molar-refractivity contribution in [3.8, 4) is 5.75 Å². The predicted octanol–water partition coefficient (Wildman–Crippen LogP) is 3.98. The van der Waals surface area contributed by atoms with Gasteiger partial charge in [-0.25, -0.2) is 0 Å². The van der Waals surface area contributed by atoms with Crippen molar-refractivity contribution in [1.29, 1.82) is 0 Å². The van der Waals surface area contributed by atoms with E-state index in [1.807, 2.05) is 49.4 Å². The SMILES string of the molecule is COc1ccc(N2C(=O)CCC(C(=O)c3ccccc3)=C2C)cc1. The Morgan fingerprint density at radius 3 is 2.29 bits per heavy atom. The molecular weight excluding hydrogens is 302 g/mol. The summed E-state index contributed by atoms with van der Waals surface area (Å²) in [5.41, 5.74) is 2.79. The van der Waals surface area contributed by atoms with Crippen LogP contribution in [0.1, 0.15) is 30.1 Å². The second-order valence-electron chi connectivity index (χ2n) is 5.69. The number of carbonyl (C=O) groups is 2. The third-order valence-electron chi connectivity index (χ3n) is 4.25. The summed E-state index contributed by atoms with van der Waals surface area (Å²) in [7, 11) is 1.60. The molecule has 0 bridgehead atoms. The van der Waals surface area contributed by atoms with Gasteiger partial charge in [-0.15, -0.1) is 0 Å². The monoisotopic (exact) mass is 321 g/mol. The zero-order valence-corrected chi connectivity index (χ0v) is 13.8.